The summed E-state index contributed by atoms with van der Waals surface area (Å²) in [6, 6.07) is 1.74. The molecule has 1 aliphatic heterocycles. The highest BCUT2D eigenvalue weighted by Crippen LogP contribution is 2.39. The number of carbonyl (C=O) groups is 2. The molecule has 0 unspecified atom stereocenters. The molecule has 2 rings (SSSR count). The third kappa shape index (κ3) is 4.47. The number of urea groups is 1. The normalized spacial score (nSPS) is 18.5. The molecule has 7 nitrogen and oxygen atoms in total. The van der Waals surface area contributed by atoms with Crippen molar-refractivity contribution < 1.29 is 24.2 Å². The predicted molar refractivity (Wildman–Crippen MR) is 102 cm³/mol. The van der Waals surface area contributed by atoms with Gasteiger partial charge < -0.3 is 25.2 Å². The van der Waals surface area contributed by atoms with Crippen molar-refractivity contribution >= 4 is 23.6 Å². The van der Waals surface area contributed by atoms with Gasteiger partial charge in [0.15, 0.2) is 11.5 Å². The molecule has 148 valence electrons. The van der Waals surface area contributed by atoms with Crippen molar-refractivity contribution in [1.29, 1.82) is 0 Å². The van der Waals surface area contributed by atoms with Gasteiger partial charge in [0.25, 0.3) is 0 Å². The van der Waals surface area contributed by atoms with Crippen molar-refractivity contribution in [2.24, 2.45) is 5.41 Å². The van der Waals surface area contributed by atoms with Gasteiger partial charge in [-0.05, 0) is 37.0 Å². The Morgan fingerprint density at radius 1 is 1.33 bits per heavy atom. The van der Waals surface area contributed by atoms with Gasteiger partial charge in [0.2, 0.25) is 0 Å². The maximum absolute atomic E-state index is 12.9. The van der Waals surface area contributed by atoms with Gasteiger partial charge in [-0.1, -0.05) is 32.4 Å². The molecular formula is C19H25ClN2O5. The van der Waals surface area contributed by atoms with Crippen LogP contribution in [0.5, 0.6) is 11.5 Å². The predicted octanol–water partition coefficient (Wildman–Crippen LogP) is 3.66. The molecule has 0 bridgehead atoms. The molecule has 8 heteroatoms. The number of nitrogens with one attached hydrogen (secondary N) is 2. The first kappa shape index (κ1) is 20.9. The first-order chi connectivity index (χ1) is 12.5. The summed E-state index contributed by atoms with van der Waals surface area (Å²) in [5, 5.41) is 15.3. The lowest BCUT2D eigenvalue weighted by molar-refractivity contribution is -0.149. The Morgan fingerprint density at radius 2 is 1.96 bits per heavy atom. The van der Waals surface area contributed by atoms with Crippen LogP contribution in [0.25, 0.3) is 0 Å². The molecule has 0 saturated heterocycles. The number of ether oxygens (including phenoxy) is 2. The van der Waals surface area contributed by atoms with Gasteiger partial charge in [-0.2, -0.15) is 0 Å². The summed E-state index contributed by atoms with van der Waals surface area (Å²) in [5.41, 5.74) is 0.891. The standard InChI is InChI=1S/C19H25ClN2O5/c1-9-14(17(24)27-10(2)19(3,4)5)15(22-18(25)21-9)11-7-12(20)16(23)13(8-11)26-6/h7-8,10,15,23H,1-6H3,(H2,21,22,25)/t10-,15-/m0/s1. The third-order valence-electron chi connectivity index (χ3n) is 4.60. The number of phenolic OH excluding ortho intramolecular Hbond substituents is 1. The van der Waals surface area contributed by atoms with E-state index in [1.54, 1.807) is 6.92 Å². The fraction of sp³-hybridized carbons (Fsp3) is 0.474. The lowest BCUT2D eigenvalue weighted by atomic mass is 9.90. The van der Waals surface area contributed by atoms with Gasteiger partial charge >= 0.3 is 12.0 Å². The quantitative estimate of drug-likeness (QED) is 0.675. The highest BCUT2D eigenvalue weighted by Gasteiger charge is 2.35. The summed E-state index contributed by atoms with van der Waals surface area (Å²) in [7, 11) is 1.39. The topological polar surface area (TPSA) is 96.9 Å². The number of esters is 1. The fourth-order valence-corrected chi connectivity index (χ4v) is 2.75. The average Bonchev–Trinajstić information content (AvgIpc) is 2.55. The van der Waals surface area contributed by atoms with E-state index in [9.17, 15) is 14.7 Å². The first-order valence-corrected chi connectivity index (χ1v) is 8.89. The summed E-state index contributed by atoms with van der Waals surface area (Å²) in [4.78, 5) is 24.9. The average molecular weight is 397 g/mol. The van der Waals surface area contributed by atoms with Gasteiger partial charge in [0, 0.05) is 5.70 Å². The Morgan fingerprint density at radius 3 is 2.52 bits per heavy atom. The summed E-state index contributed by atoms with van der Waals surface area (Å²) < 4.78 is 10.7. The van der Waals surface area contributed by atoms with Crippen molar-refractivity contribution in [2.75, 3.05) is 7.11 Å². The van der Waals surface area contributed by atoms with Crippen LogP contribution in [-0.2, 0) is 9.53 Å². The number of rotatable bonds is 4. The monoisotopic (exact) mass is 396 g/mol. The number of hydrogen-bond donors (Lipinski definition) is 3. The summed E-state index contributed by atoms with van der Waals surface area (Å²) >= 11 is 6.07. The van der Waals surface area contributed by atoms with E-state index in [0.29, 0.717) is 11.3 Å². The molecule has 27 heavy (non-hydrogen) atoms. The van der Waals surface area contributed by atoms with Crippen LogP contribution in [0.1, 0.15) is 46.2 Å². The van der Waals surface area contributed by atoms with E-state index in [1.807, 2.05) is 27.7 Å². The molecule has 1 aliphatic rings. The summed E-state index contributed by atoms with van der Waals surface area (Å²) in [6.07, 6.45) is -0.346. The van der Waals surface area contributed by atoms with Crippen molar-refractivity contribution in [1.82, 2.24) is 10.6 Å². The Hall–Kier alpha value is -2.41. The maximum atomic E-state index is 12.9. The molecule has 2 amide bonds. The van der Waals surface area contributed by atoms with Gasteiger partial charge in [-0.15, -0.1) is 0 Å². The first-order valence-electron chi connectivity index (χ1n) is 8.51. The molecule has 3 N–H and O–H groups in total. The Balaban J connectivity index is 2.47. The lowest BCUT2D eigenvalue weighted by Gasteiger charge is -2.32. The van der Waals surface area contributed by atoms with Crippen molar-refractivity contribution in [3.05, 3.63) is 34.0 Å². The zero-order valence-electron chi connectivity index (χ0n) is 16.3. The number of allylic oxidation sites excluding steroid dienone is 1. The summed E-state index contributed by atoms with van der Waals surface area (Å²) in [6.45, 7) is 9.35. The molecule has 1 aromatic rings. The van der Waals surface area contributed by atoms with Crippen molar-refractivity contribution in [3.8, 4) is 11.5 Å². The van der Waals surface area contributed by atoms with E-state index >= 15 is 0 Å². The van der Waals surface area contributed by atoms with E-state index in [4.69, 9.17) is 21.1 Å². The number of amides is 2. The molecule has 0 saturated carbocycles. The maximum Gasteiger partial charge on any atom is 0.338 e. The Labute approximate surface area is 163 Å². The molecule has 2 atom stereocenters. The smallest absolute Gasteiger partial charge is 0.338 e. The molecule has 0 aliphatic carbocycles. The van der Waals surface area contributed by atoms with E-state index in [-0.39, 0.29) is 33.6 Å². The van der Waals surface area contributed by atoms with Gasteiger partial charge in [0.1, 0.15) is 6.10 Å². The summed E-state index contributed by atoms with van der Waals surface area (Å²) in [5.74, 6) is -0.622. The van der Waals surface area contributed by atoms with Crippen LogP contribution in [0, 0.1) is 5.41 Å². The van der Waals surface area contributed by atoms with Crippen LogP contribution in [0.2, 0.25) is 5.02 Å². The number of carbonyl (C=O) groups excluding carboxylic acids is 2. The number of methoxy groups -OCH3 is 1. The lowest BCUT2D eigenvalue weighted by Crippen LogP contribution is -2.46. The second-order valence-electron chi connectivity index (χ2n) is 7.54. The molecule has 1 heterocycles. The molecule has 0 fully saturated rings. The van der Waals surface area contributed by atoms with Crippen LogP contribution >= 0.6 is 11.6 Å². The number of benzene rings is 1. The molecular weight excluding hydrogens is 372 g/mol. The minimum atomic E-state index is -0.801. The molecule has 1 aromatic carbocycles. The van der Waals surface area contributed by atoms with E-state index in [2.05, 4.69) is 10.6 Å². The minimum Gasteiger partial charge on any atom is -0.503 e. The van der Waals surface area contributed by atoms with Crippen LogP contribution < -0.4 is 15.4 Å². The van der Waals surface area contributed by atoms with Gasteiger partial charge in [0.05, 0.1) is 23.7 Å². The van der Waals surface area contributed by atoms with Crippen LogP contribution in [0.15, 0.2) is 23.4 Å². The zero-order chi connectivity index (χ0) is 20.5. The van der Waals surface area contributed by atoms with E-state index in [0.717, 1.165) is 0 Å². The second kappa shape index (κ2) is 7.68. The van der Waals surface area contributed by atoms with Crippen molar-refractivity contribution in [2.45, 2.75) is 46.8 Å². The van der Waals surface area contributed by atoms with Crippen molar-refractivity contribution in [3.63, 3.8) is 0 Å². The minimum absolute atomic E-state index is 0.0468. The van der Waals surface area contributed by atoms with Crippen LogP contribution in [0.3, 0.4) is 0 Å². The Kier molecular flexibility index (Phi) is 5.94. The third-order valence-corrected chi connectivity index (χ3v) is 4.88. The molecule has 0 radical (unpaired) electrons. The van der Waals surface area contributed by atoms with Crippen LogP contribution in [-0.4, -0.2) is 30.3 Å². The second-order valence-corrected chi connectivity index (χ2v) is 7.94. The van der Waals surface area contributed by atoms with Gasteiger partial charge in [-0.3, -0.25) is 0 Å². The largest absolute Gasteiger partial charge is 0.503 e. The van der Waals surface area contributed by atoms with E-state index < -0.39 is 18.0 Å². The van der Waals surface area contributed by atoms with Gasteiger partial charge in [-0.25, -0.2) is 9.59 Å². The highest BCUT2D eigenvalue weighted by atomic mass is 35.5. The van der Waals surface area contributed by atoms with Crippen LogP contribution in [0.4, 0.5) is 4.79 Å². The van der Waals surface area contributed by atoms with E-state index in [1.165, 1.54) is 19.2 Å². The number of hydrogen-bond acceptors (Lipinski definition) is 5. The fourth-order valence-electron chi connectivity index (χ4n) is 2.53. The molecule has 0 aromatic heterocycles. The highest BCUT2D eigenvalue weighted by molar-refractivity contribution is 6.32. The number of phenols is 1. The SMILES string of the molecule is COc1cc([C@@H]2NC(=O)NC(C)=C2C(=O)O[C@@H](C)C(C)(C)C)cc(Cl)c1O. The Bertz CT molecular complexity index is 798. The molecule has 0 spiro atoms. The zero-order valence-corrected chi connectivity index (χ0v) is 17.0. The number of aromatic hydroxyl groups is 1. The number of halogens is 1.